The van der Waals surface area contributed by atoms with Crippen LogP contribution in [0.4, 0.5) is 18.9 Å². The first-order chi connectivity index (χ1) is 10.8. The molecule has 0 saturated carbocycles. The van der Waals surface area contributed by atoms with Crippen LogP contribution in [0.1, 0.15) is 15.9 Å². The molecule has 0 radical (unpaired) electrons. The van der Waals surface area contributed by atoms with Gasteiger partial charge < -0.3 is 16.0 Å². The molecule has 0 spiro atoms. The van der Waals surface area contributed by atoms with Gasteiger partial charge in [-0.3, -0.25) is 9.69 Å². The summed E-state index contributed by atoms with van der Waals surface area (Å²) in [5.41, 5.74) is 4.39. The topological polar surface area (TPSA) is 61.6 Å². The predicted octanol–water partition coefficient (Wildman–Crippen LogP) is 1.26. The maximum absolute atomic E-state index is 12.7. The van der Waals surface area contributed by atoms with Gasteiger partial charge in [0.05, 0.1) is 5.56 Å². The number of hydrogen-bond acceptors (Lipinski definition) is 4. The summed E-state index contributed by atoms with van der Waals surface area (Å²) in [6.45, 7) is 4.84. The molecule has 0 aliphatic carbocycles. The van der Waals surface area contributed by atoms with E-state index >= 15 is 0 Å². The van der Waals surface area contributed by atoms with Gasteiger partial charge in [0.25, 0.3) is 5.91 Å². The van der Waals surface area contributed by atoms with Crippen LogP contribution in [-0.2, 0) is 6.18 Å². The van der Waals surface area contributed by atoms with Gasteiger partial charge in [0.15, 0.2) is 0 Å². The molecular formula is C15H21F3N4O. The number of benzene rings is 1. The van der Waals surface area contributed by atoms with Crippen LogP contribution in [0.3, 0.4) is 0 Å². The molecule has 23 heavy (non-hydrogen) atoms. The van der Waals surface area contributed by atoms with Gasteiger partial charge in [-0.1, -0.05) is 0 Å². The lowest BCUT2D eigenvalue weighted by molar-refractivity contribution is -0.137. The second kappa shape index (κ2) is 7.18. The third-order valence-electron chi connectivity index (χ3n) is 3.85. The number of hydrogen-bond donors (Lipinski definition) is 2. The minimum absolute atomic E-state index is 0.0734. The molecule has 0 atom stereocenters. The quantitative estimate of drug-likeness (QED) is 0.816. The van der Waals surface area contributed by atoms with E-state index in [-0.39, 0.29) is 11.3 Å². The Balaban J connectivity index is 1.89. The largest absolute Gasteiger partial charge is 0.416 e. The minimum atomic E-state index is -4.52. The minimum Gasteiger partial charge on any atom is -0.399 e. The number of carbonyl (C=O) groups excluding carboxylic acids is 1. The number of piperazine rings is 1. The first kappa shape index (κ1) is 17.6. The summed E-state index contributed by atoms with van der Waals surface area (Å²) in [5.74, 6) is -0.545. The lowest BCUT2D eigenvalue weighted by Crippen LogP contribution is -2.46. The molecule has 1 amide bonds. The van der Waals surface area contributed by atoms with Crippen molar-refractivity contribution in [3.05, 3.63) is 29.3 Å². The van der Waals surface area contributed by atoms with E-state index in [0.717, 1.165) is 38.3 Å². The summed E-state index contributed by atoms with van der Waals surface area (Å²) >= 11 is 0. The molecule has 1 heterocycles. The van der Waals surface area contributed by atoms with Gasteiger partial charge in [0.1, 0.15) is 0 Å². The highest BCUT2D eigenvalue weighted by atomic mass is 19.4. The zero-order valence-corrected chi connectivity index (χ0v) is 13.0. The molecule has 0 aromatic heterocycles. The molecule has 0 bridgehead atoms. The molecule has 0 unspecified atom stereocenters. The van der Waals surface area contributed by atoms with Crippen molar-refractivity contribution in [1.29, 1.82) is 0 Å². The van der Waals surface area contributed by atoms with Gasteiger partial charge in [-0.05, 0) is 25.2 Å². The second-order valence-electron chi connectivity index (χ2n) is 5.74. The van der Waals surface area contributed by atoms with E-state index in [1.54, 1.807) is 0 Å². The first-order valence-electron chi connectivity index (χ1n) is 7.42. The SMILES string of the molecule is CN1CCN(CCNC(=O)c2cc(N)cc(C(F)(F)F)c2)CC1. The fourth-order valence-electron chi connectivity index (χ4n) is 2.45. The number of nitrogen functional groups attached to an aromatic ring is 1. The average Bonchev–Trinajstić information content (AvgIpc) is 2.47. The molecular weight excluding hydrogens is 309 g/mol. The molecule has 1 fully saturated rings. The van der Waals surface area contributed by atoms with Crippen LogP contribution in [0.2, 0.25) is 0 Å². The third-order valence-corrected chi connectivity index (χ3v) is 3.85. The maximum Gasteiger partial charge on any atom is 0.416 e. The van der Waals surface area contributed by atoms with Crippen LogP contribution in [0.5, 0.6) is 0 Å². The van der Waals surface area contributed by atoms with Crippen molar-refractivity contribution in [2.75, 3.05) is 52.0 Å². The van der Waals surface area contributed by atoms with E-state index in [1.165, 1.54) is 6.07 Å². The second-order valence-corrected chi connectivity index (χ2v) is 5.74. The Morgan fingerprint density at radius 3 is 2.48 bits per heavy atom. The van der Waals surface area contributed by atoms with E-state index in [4.69, 9.17) is 5.73 Å². The zero-order valence-electron chi connectivity index (χ0n) is 13.0. The van der Waals surface area contributed by atoms with Crippen molar-refractivity contribution < 1.29 is 18.0 Å². The van der Waals surface area contributed by atoms with Crippen molar-refractivity contribution in [2.24, 2.45) is 0 Å². The van der Waals surface area contributed by atoms with Gasteiger partial charge >= 0.3 is 6.18 Å². The third kappa shape index (κ3) is 5.11. The molecule has 3 N–H and O–H groups in total. The van der Waals surface area contributed by atoms with Crippen molar-refractivity contribution in [3.63, 3.8) is 0 Å². The van der Waals surface area contributed by atoms with Gasteiger partial charge in [-0.2, -0.15) is 13.2 Å². The maximum atomic E-state index is 12.7. The number of amides is 1. The van der Waals surface area contributed by atoms with Crippen LogP contribution >= 0.6 is 0 Å². The molecule has 1 saturated heterocycles. The van der Waals surface area contributed by atoms with E-state index in [9.17, 15) is 18.0 Å². The van der Waals surface area contributed by atoms with Crippen molar-refractivity contribution in [1.82, 2.24) is 15.1 Å². The van der Waals surface area contributed by atoms with Crippen LogP contribution in [0, 0.1) is 0 Å². The van der Waals surface area contributed by atoms with Gasteiger partial charge in [0.2, 0.25) is 0 Å². The molecule has 128 valence electrons. The molecule has 1 aromatic carbocycles. The Morgan fingerprint density at radius 2 is 1.87 bits per heavy atom. The lowest BCUT2D eigenvalue weighted by Gasteiger charge is -2.32. The smallest absolute Gasteiger partial charge is 0.399 e. The number of likely N-dealkylation sites (N-methyl/N-ethyl adjacent to an activating group) is 1. The molecule has 2 rings (SSSR count). The highest BCUT2D eigenvalue weighted by molar-refractivity contribution is 5.95. The molecule has 5 nitrogen and oxygen atoms in total. The van der Waals surface area contributed by atoms with Crippen LogP contribution in [0.15, 0.2) is 18.2 Å². The summed E-state index contributed by atoms with van der Waals surface area (Å²) in [4.78, 5) is 16.4. The standard InChI is InChI=1S/C15H21F3N4O/c1-21-4-6-22(7-5-21)3-2-20-14(23)11-8-12(15(16,17)18)10-13(19)9-11/h8-10H,2-7,19H2,1H3,(H,20,23). The number of alkyl halides is 3. The van der Waals surface area contributed by atoms with Crippen molar-refractivity contribution in [3.8, 4) is 0 Å². The molecule has 1 aliphatic heterocycles. The zero-order chi connectivity index (χ0) is 17.0. The summed E-state index contributed by atoms with van der Waals surface area (Å²) in [7, 11) is 2.05. The van der Waals surface area contributed by atoms with Crippen molar-refractivity contribution in [2.45, 2.75) is 6.18 Å². The van der Waals surface area contributed by atoms with Crippen LogP contribution in [0.25, 0.3) is 0 Å². The Morgan fingerprint density at radius 1 is 1.22 bits per heavy atom. The van der Waals surface area contributed by atoms with Crippen molar-refractivity contribution >= 4 is 11.6 Å². The number of halogens is 3. The lowest BCUT2D eigenvalue weighted by atomic mass is 10.1. The number of nitrogens with one attached hydrogen (secondary N) is 1. The van der Waals surface area contributed by atoms with E-state index in [1.807, 2.05) is 0 Å². The summed E-state index contributed by atoms with van der Waals surface area (Å²) < 4.78 is 38.2. The number of nitrogens with two attached hydrogens (primary N) is 1. The van der Waals surface area contributed by atoms with Gasteiger partial charge in [-0.25, -0.2) is 0 Å². The Hall–Kier alpha value is -1.80. The van der Waals surface area contributed by atoms with Crippen LogP contribution in [-0.4, -0.2) is 62.0 Å². The Bertz CT molecular complexity index is 554. The van der Waals surface area contributed by atoms with Crippen LogP contribution < -0.4 is 11.1 Å². The monoisotopic (exact) mass is 330 g/mol. The highest BCUT2D eigenvalue weighted by Crippen LogP contribution is 2.31. The van der Waals surface area contributed by atoms with E-state index in [0.29, 0.717) is 13.1 Å². The molecule has 1 aliphatic rings. The molecule has 1 aromatic rings. The fraction of sp³-hybridized carbons (Fsp3) is 0.533. The van der Waals surface area contributed by atoms with Gasteiger partial charge in [0, 0.05) is 50.5 Å². The summed E-state index contributed by atoms with van der Waals surface area (Å²) in [6.07, 6.45) is -4.52. The van der Waals surface area contributed by atoms with E-state index in [2.05, 4.69) is 22.2 Å². The number of nitrogens with zero attached hydrogens (tertiary/aromatic N) is 2. The number of carbonyl (C=O) groups is 1. The Labute approximate surface area is 133 Å². The summed E-state index contributed by atoms with van der Waals surface area (Å²) in [5, 5.41) is 2.65. The average molecular weight is 330 g/mol. The normalized spacial score (nSPS) is 17.2. The number of anilines is 1. The van der Waals surface area contributed by atoms with Gasteiger partial charge in [-0.15, -0.1) is 0 Å². The highest BCUT2D eigenvalue weighted by Gasteiger charge is 2.31. The Kier molecular flexibility index (Phi) is 5.48. The predicted molar refractivity (Wildman–Crippen MR) is 82.1 cm³/mol. The molecule has 8 heteroatoms. The number of rotatable bonds is 4. The van der Waals surface area contributed by atoms with E-state index < -0.39 is 17.6 Å². The first-order valence-corrected chi connectivity index (χ1v) is 7.42. The summed E-state index contributed by atoms with van der Waals surface area (Å²) in [6, 6.07) is 2.89. The fourth-order valence-corrected chi connectivity index (χ4v) is 2.45.